The van der Waals surface area contributed by atoms with Crippen LogP contribution in [0.1, 0.15) is 11.1 Å². The van der Waals surface area contributed by atoms with Crippen LogP contribution in [0.25, 0.3) is 22.5 Å². The van der Waals surface area contributed by atoms with Gasteiger partial charge in [0, 0.05) is 16.0 Å². The molecule has 128 valence electrons. The van der Waals surface area contributed by atoms with Crippen molar-refractivity contribution < 1.29 is 13.2 Å². The van der Waals surface area contributed by atoms with E-state index in [0.29, 0.717) is 11.3 Å². The van der Waals surface area contributed by atoms with E-state index in [1.165, 1.54) is 12.1 Å². The van der Waals surface area contributed by atoms with Gasteiger partial charge in [-0.25, -0.2) is 4.98 Å². The molecule has 0 amide bonds. The van der Waals surface area contributed by atoms with Gasteiger partial charge in [0.2, 0.25) is 0 Å². The van der Waals surface area contributed by atoms with Crippen molar-refractivity contribution >= 4 is 11.8 Å². The Bertz CT molecular complexity index is 886. The number of aromatic nitrogens is 1. The molecule has 0 saturated heterocycles. The van der Waals surface area contributed by atoms with E-state index in [1.54, 1.807) is 11.8 Å². The summed E-state index contributed by atoms with van der Waals surface area (Å²) in [4.78, 5) is 5.70. The van der Waals surface area contributed by atoms with Crippen LogP contribution in [0.4, 0.5) is 13.2 Å². The van der Waals surface area contributed by atoms with E-state index in [1.807, 2.05) is 49.6 Å². The van der Waals surface area contributed by atoms with Gasteiger partial charge in [-0.15, -0.1) is 11.8 Å². The minimum absolute atomic E-state index is 0.656. The highest BCUT2D eigenvalue weighted by molar-refractivity contribution is 7.98. The topological polar surface area (TPSA) is 12.9 Å². The molecule has 0 N–H and O–H groups in total. The Morgan fingerprint density at radius 3 is 2.12 bits per heavy atom. The molecule has 0 aliphatic heterocycles. The minimum Gasteiger partial charge on any atom is -0.248 e. The molecular weight excluding hydrogens is 343 g/mol. The zero-order valence-corrected chi connectivity index (χ0v) is 14.6. The highest BCUT2D eigenvalue weighted by Gasteiger charge is 2.30. The predicted molar refractivity (Wildman–Crippen MR) is 96.6 cm³/mol. The molecule has 0 atom stereocenters. The van der Waals surface area contributed by atoms with Crippen LogP contribution in [0, 0.1) is 6.92 Å². The smallest absolute Gasteiger partial charge is 0.248 e. The third-order valence-electron chi connectivity index (χ3n) is 3.96. The number of alkyl halides is 3. The van der Waals surface area contributed by atoms with Gasteiger partial charge in [0.05, 0.1) is 17.0 Å². The Morgan fingerprint density at radius 1 is 0.880 bits per heavy atom. The Morgan fingerprint density at radius 2 is 1.52 bits per heavy atom. The summed E-state index contributed by atoms with van der Waals surface area (Å²) in [7, 11) is 0. The number of nitrogens with zero attached hydrogens (tertiary/aromatic N) is 1. The molecule has 25 heavy (non-hydrogen) atoms. The van der Waals surface area contributed by atoms with E-state index in [-0.39, 0.29) is 0 Å². The minimum atomic E-state index is -4.33. The number of benzene rings is 2. The molecule has 1 nitrogen and oxygen atoms in total. The second-order valence-corrected chi connectivity index (χ2v) is 6.55. The third-order valence-corrected chi connectivity index (χ3v) is 4.67. The Hall–Kier alpha value is -2.27. The zero-order valence-electron chi connectivity index (χ0n) is 13.8. The van der Waals surface area contributed by atoms with E-state index in [0.717, 1.165) is 33.8 Å². The maximum atomic E-state index is 12.8. The van der Waals surface area contributed by atoms with Gasteiger partial charge in [0.1, 0.15) is 0 Å². The van der Waals surface area contributed by atoms with E-state index >= 15 is 0 Å². The molecule has 0 saturated carbocycles. The van der Waals surface area contributed by atoms with E-state index in [9.17, 15) is 13.2 Å². The lowest BCUT2D eigenvalue weighted by atomic mass is 10.0. The maximum absolute atomic E-state index is 12.8. The summed E-state index contributed by atoms with van der Waals surface area (Å²) in [6, 6.07) is 17.0. The maximum Gasteiger partial charge on any atom is 0.416 e. The molecule has 3 rings (SSSR count). The van der Waals surface area contributed by atoms with Gasteiger partial charge >= 0.3 is 6.18 Å². The average Bonchev–Trinajstić information content (AvgIpc) is 2.61. The largest absolute Gasteiger partial charge is 0.416 e. The summed E-state index contributed by atoms with van der Waals surface area (Å²) in [5.41, 5.74) is 3.62. The molecule has 0 unspecified atom stereocenters. The van der Waals surface area contributed by atoms with Crippen molar-refractivity contribution in [3.8, 4) is 22.5 Å². The molecular formula is C20H16F3NS. The van der Waals surface area contributed by atoms with E-state index < -0.39 is 11.7 Å². The van der Waals surface area contributed by atoms with Crippen molar-refractivity contribution in [2.75, 3.05) is 6.26 Å². The molecule has 0 radical (unpaired) electrons. The van der Waals surface area contributed by atoms with Crippen LogP contribution in [0.2, 0.25) is 0 Å². The van der Waals surface area contributed by atoms with Crippen LogP contribution in [0.15, 0.2) is 65.6 Å². The van der Waals surface area contributed by atoms with Crippen molar-refractivity contribution in [2.24, 2.45) is 0 Å². The van der Waals surface area contributed by atoms with Gasteiger partial charge < -0.3 is 0 Å². The number of hydrogen-bond donors (Lipinski definition) is 0. The second-order valence-electron chi connectivity index (χ2n) is 5.67. The molecule has 0 spiro atoms. The standard InChI is InChI=1S/C20H16F3NS/c1-13-5-3-4-6-17(13)19-12-16(25-2)11-18(24-19)14-7-9-15(10-8-14)20(21,22)23/h3-12H,1-2H3. The number of pyridine rings is 1. The van der Waals surface area contributed by atoms with Gasteiger partial charge in [-0.1, -0.05) is 36.4 Å². The molecule has 0 aliphatic carbocycles. The van der Waals surface area contributed by atoms with Gasteiger partial charge in [0.15, 0.2) is 0 Å². The fraction of sp³-hybridized carbons (Fsp3) is 0.150. The summed E-state index contributed by atoms with van der Waals surface area (Å²) in [6.07, 6.45) is -2.37. The number of aryl methyl sites for hydroxylation is 1. The lowest BCUT2D eigenvalue weighted by Crippen LogP contribution is -2.04. The lowest BCUT2D eigenvalue weighted by Gasteiger charge is -2.11. The monoisotopic (exact) mass is 359 g/mol. The fourth-order valence-electron chi connectivity index (χ4n) is 2.60. The molecule has 0 aliphatic rings. The van der Waals surface area contributed by atoms with Crippen LogP contribution in [0.3, 0.4) is 0 Å². The highest BCUT2D eigenvalue weighted by atomic mass is 32.2. The van der Waals surface area contributed by atoms with Gasteiger partial charge in [0.25, 0.3) is 0 Å². The zero-order chi connectivity index (χ0) is 18.0. The Kier molecular flexibility index (Phi) is 4.86. The SMILES string of the molecule is CSc1cc(-c2ccc(C(F)(F)F)cc2)nc(-c2ccccc2C)c1. The first-order valence-corrected chi connectivity index (χ1v) is 8.90. The highest BCUT2D eigenvalue weighted by Crippen LogP contribution is 2.33. The van der Waals surface area contributed by atoms with E-state index in [4.69, 9.17) is 0 Å². The average molecular weight is 359 g/mol. The molecule has 2 aromatic carbocycles. The van der Waals surface area contributed by atoms with Crippen LogP contribution in [-0.2, 0) is 6.18 Å². The van der Waals surface area contributed by atoms with Gasteiger partial charge in [-0.05, 0) is 43.0 Å². The molecule has 0 fully saturated rings. The van der Waals surface area contributed by atoms with E-state index in [2.05, 4.69) is 4.98 Å². The van der Waals surface area contributed by atoms with Crippen LogP contribution < -0.4 is 0 Å². The third kappa shape index (κ3) is 3.87. The normalized spacial score (nSPS) is 11.6. The van der Waals surface area contributed by atoms with Crippen molar-refractivity contribution in [2.45, 2.75) is 18.0 Å². The lowest BCUT2D eigenvalue weighted by molar-refractivity contribution is -0.137. The van der Waals surface area contributed by atoms with Crippen molar-refractivity contribution in [1.29, 1.82) is 0 Å². The van der Waals surface area contributed by atoms with Crippen molar-refractivity contribution in [3.05, 3.63) is 71.8 Å². The Balaban J connectivity index is 2.08. The first-order valence-electron chi connectivity index (χ1n) is 7.68. The summed E-state index contributed by atoms with van der Waals surface area (Å²) in [5, 5.41) is 0. The van der Waals surface area contributed by atoms with Crippen molar-refractivity contribution in [3.63, 3.8) is 0 Å². The van der Waals surface area contributed by atoms with Gasteiger partial charge in [-0.3, -0.25) is 0 Å². The summed E-state index contributed by atoms with van der Waals surface area (Å²) >= 11 is 1.58. The van der Waals surface area contributed by atoms with Crippen LogP contribution >= 0.6 is 11.8 Å². The molecule has 3 aromatic rings. The Labute approximate surface area is 148 Å². The summed E-state index contributed by atoms with van der Waals surface area (Å²) < 4.78 is 38.3. The van der Waals surface area contributed by atoms with Crippen molar-refractivity contribution in [1.82, 2.24) is 4.98 Å². The first-order chi connectivity index (χ1) is 11.9. The number of hydrogen-bond acceptors (Lipinski definition) is 2. The number of rotatable bonds is 3. The first kappa shape index (κ1) is 17.5. The molecule has 1 aromatic heterocycles. The van der Waals surface area contributed by atoms with Gasteiger partial charge in [-0.2, -0.15) is 13.2 Å². The van der Waals surface area contributed by atoms with Crippen LogP contribution in [0.5, 0.6) is 0 Å². The summed E-state index contributed by atoms with van der Waals surface area (Å²) in [5.74, 6) is 0. The molecule has 1 heterocycles. The molecule has 0 bridgehead atoms. The number of halogens is 3. The summed E-state index contributed by atoms with van der Waals surface area (Å²) in [6.45, 7) is 2.01. The number of thioether (sulfide) groups is 1. The fourth-order valence-corrected chi connectivity index (χ4v) is 3.06. The van der Waals surface area contributed by atoms with Crippen LogP contribution in [-0.4, -0.2) is 11.2 Å². The molecule has 5 heteroatoms. The second kappa shape index (κ2) is 6.92. The quantitative estimate of drug-likeness (QED) is 0.497. The predicted octanol–water partition coefficient (Wildman–Crippen LogP) is 6.46.